The minimum atomic E-state index is -0.526. The first-order valence-electron chi connectivity index (χ1n) is 16.5. The predicted molar refractivity (Wildman–Crippen MR) is 209 cm³/mol. The normalized spacial score (nSPS) is 11.9. The lowest BCUT2D eigenvalue weighted by molar-refractivity contribution is -0.116. The molecule has 0 aromatic heterocycles. The Hall–Kier alpha value is -6.44. The molecule has 0 bridgehead atoms. The van der Waals surface area contributed by atoms with Crippen LogP contribution in [-0.4, -0.2) is 17.7 Å². The molecule has 7 heteroatoms. The van der Waals surface area contributed by atoms with Crippen LogP contribution in [0.2, 0.25) is 0 Å². The Bertz CT molecular complexity index is 2370. The third kappa shape index (κ3) is 8.07. The maximum atomic E-state index is 13.8. The zero-order valence-corrected chi connectivity index (χ0v) is 28.3. The molecule has 0 heterocycles. The first kappa shape index (κ1) is 33.1. The quantitative estimate of drug-likeness (QED) is 0.0990. The zero-order valence-electron chi connectivity index (χ0n) is 27.5. The van der Waals surface area contributed by atoms with Crippen molar-refractivity contribution in [2.24, 2.45) is 0 Å². The van der Waals surface area contributed by atoms with E-state index in [0.717, 1.165) is 43.3 Å². The number of nitrogens with one attached hydrogen (secondary N) is 3. The molecular formula is C44H33N3O3S. The van der Waals surface area contributed by atoms with E-state index in [4.69, 9.17) is 0 Å². The highest BCUT2D eigenvalue weighted by molar-refractivity contribution is 8.00. The lowest BCUT2D eigenvalue weighted by Crippen LogP contribution is -2.30. The number of thioether (sulfide) groups is 1. The van der Waals surface area contributed by atoms with Crippen LogP contribution in [-0.2, 0) is 9.59 Å². The summed E-state index contributed by atoms with van der Waals surface area (Å²) in [6.07, 6.45) is 1.70. The lowest BCUT2D eigenvalue weighted by atomic mass is 10.0. The maximum Gasteiger partial charge on any atom is 0.272 e. The smallest absolute Gasteiger partial charge is 0.272 e. The van der Waals surface area contributed by atoms with Gasteiger partial charge in [0.25, 0.3) is 11.8 Å². The highest BCUT2D eigenvalue weighted by Gasteiger charge is 2.23. The molecule has 0 aliphatic rings. The number of fused-ring (bicyclic) bond motifs is 2. The van der Waals surface area contributed by atoms with Crippen LogP contribution in [0.4, 0.5) is 11.4 Å². The monoisotopic (exact) mass is 683 g/mol. The Kier molecular flexibility index (Phi) is 9.99. The van der Waals surface area contributed by atoms with Gasteiger partial charge in [0.1, 0.15) is 10.9 Å². The van der Waals surface area contributed by atoms with Crippen molar-refractivity contribution < 1.29 is 14.4 Å². The minimum Gasteiger partial charge on any atom is -0.325 e. The van der Waals surface area contributed by atoms with Crippen LogP contribution >= 0.6 is 11.8 Å². The third-order valence-corrected chi connectivity index (χ3v) is 9.64. The molecule has 248 valence electrons. The molecular weight excluding hydrogens is 651 g/mol. The van der Waals surface area contributed by atoms with E-state index in [1.165, 1.54) is 11.8 Å². The van der Waals surface area contributed by atoms with Gasteiger partial charge in [-0.1, -0.05) is 121 Å². The summed E-state index contributed by atoms with van der Waals surface area (Å²) in [5.74, 6) is -1.00. The molecule has 3 N–H and O–H groups in total. The Morgan fingerprint density at radius 1 is 0.549 bits per heavy atom. The number of hydrogen-bond acceptors (Lipinski definition) is 4. The number of hydrogen-bond donors (Lipinski definition) is 3. The molecule has 6 nitrogen and oxygen atoms in total. The molecule has 0 aliphatic carbocycles. The minimum absolute atomic E-state index is 0.105. The summed E-state index contributed by atoms with van der Waals surface area (Å²) in [4.78, 5) is 41.5. The zero-order chi connectivity index (χ0) is 35.0. The van der Waals surface area contributed by atoms with Gasteiger partial charge in [-0.25, -0.2) is 0 Å². The van der Waals surface area contributed by atoms with E-state index < -0.39 is 17.1 Å². The number of anilines is 2. The van der Waals surface area contributed by atoms with Crippen LogP contribution in [0.1, 0.15) is 26.7 Å². The van der Waals surface area contributed by atoms with E-state index in [2.05, 4.69) is 16.0 Å². The van der Waals surface area contributed by atoms with E-state index >= 15 is 0 Å². The van der Waals surface area contributed by atoms with Gasteiger partial charge < -0.3 is 16.0 Å². The Balaban J connectivity index is 1.11. The summed E-state index contributed by atoms with van der Waals surface area (Å²) in [6.45, 7) is 0. The van der Waals surface area contributed by atoms with Gasteiger partial charge in [0.15, 0.2) is 0 Å². The number of amides is 3. The van der Waals surface area contributed by atoms with Gasteiger partial charge >= 0.3 is 0 Å². The predicted octanol–water partition coefficient (Wildman–Crippen LogP) is 9.87. The van der Waals surface area contributed by atoms with Crippen molar-refractivity contribution in [2.75, 3.05) is 10.6 Å². The van der Waals surface area contributed by atoms with Crippen molar-refractivity contribution in [3.8, 4) is 0 Å². The van der Waals surface area contributed by atoms with Gasteiger partial charge in [-0.2, -0.15) is 0 Å². The molecule has 51 heavy (non-hydrogen) atoms. The standard InChI is InChI=1S/C44H33N3O3S/c48-42(33-16-5-2-6-17-33)47-40(29-35-20-11-19-31-13-9-10-21-39(31)35)43(49)45-36-24-26-38(27-25-36)51-41(32-14-3-1-4-15-32)44(50)46-37-23-22-30-12-7-8-18-34(30)28-37/h1-29,41H,(H,45,49)(H,46,50)(H,47,48)/b40-29-. The van der Waals surface area contributed by atoms with Gasteiger partial charge in [0.2, 0.25) is 5.91 Å². The first-order valence-corrected chi connectivity index (χ1v) is 17.4. The molecule has 0 aliphatic heterocycles. The van der Waals surface area contributed by atoms with Crippen molar-refractivity contribution in [2.45, 2.75) is 10.1 Å². The van der Waals surface area contributed by atoms with Crippen LogP contribution in [0.5, 0.6) is 0 Å². The number of benzene rings is 7. The van der Waals surface area contributed by atoms with Gasteiger partial charge in [-0.05, 0) is 87.3 Å². The second-order valence-electron chi connectivity index (χ2n) is 11.9. The third-order valence-electron chi connectivity index (χ3n) is 8.38. The molecule has 1 unspecified atom stereocenters. The summed E-state index contributed by atoms with van der Waals surface area (Å²) in [6, 6.07) is 53.4. The summed E-state index contributed by atoms with van der Waals surface area (Å²) < 4.78 is 0. The Labute approximate surface area is 300 Å². The van der Waals surface area contributed by atoms with Crippen LogP contribution in [0, 0.1) is 0 Å². The van der Waals surface area contributed by atoms with E-state index in [1.807, 2.05) is 133 Å². The van der Waals surface area contributed by atoms with Crippen LogP contribution < -0.4 is 16.0 Å². The molecule has 7 aromatic carbocycles. The largest absolute Gasteiger partial charge is 0.325 e. The molecule has 0 radical (unpaired) electrons. The lowest BCUT2D eigenvalue weighted by Gasteiger charge is -2.18. The van der Waals surface area contributed by atoms with Crippen LogP contribution in [0.25, 0.3) is 27.6 Å². The van der Waals surface area contributed by atoms with Crippen molar-refractivity contribution in [3.63, 3.8) is 0 Å². The van der Waals surface area contributed by atoms with E-state index in [-0.39, 0.29) is 11.6 Å². The van der Waals surface area contributed by atoms with Gasteiger partial charge in [-0.15, -0.1) is 11.8 Å². The Morgan fingerprint density at radius 3 is 1.94 bits per heavy atom. The van der Waals surface area contributed by atoms with E-state index in [0.29, 0.717) is 11.3 Å². The topological polar surface area (TPSA) is 87.3 Å². The fourth-order valence-corrected chi connectivity index (χ4v) is 6.83. The summed E-state index contributed by atoms with van der Waals surface area (Å²) in [5.41, 5.74) is 3.48. The van der Waals surface area contributed by atoms with Crippen LogP contribution in [0.15, 0.2) is 180 Å². The fourth-order valence-electron chi connectivity index (χ4n) is 5.80. The maximum absolute atomic E-state index is 13.8. The average Bonchev–Trinajstić information content (AvgIpc) is 3.18. The molecule has 7 aromatic rings. The number of carbonyl (C=O) groups excluding carboxylic acids is 3. The highest BCUT2D eigenvalue weighted by atomic mass is 32.2. The first-order chi connectivity index (χ1) is 25.0. The highest BCUT2D eigenvalue weighted by Crippen LogP contribution is 2.37. The van der Waals surface area contributed by atoms with Gasteiger partial charge in [0, 0.05) is 21.8 Å². The average molecular weight is 684 g/mol. The van der Waals surface area contributed by atoms with Gasteiger partial charge in [0.05, 0.1) is 0 Å². The number of rotatable bonds is 10. The SMILES string of the molecule is O=C(Nc1ccc(SC(C(=O)Nc2ccc3ccccc3c2)c2ccccc2)cc1)/C(=C/c1cccc2ccccc12)NC(=O)c1ccccc1. The van der Waals surface area contributed by atoms with Crippen molar-refractivity contribution >= 4 is 68.5 Å². The summed E-state index contributed by atoms with van der Waals surface area (Å²) in [5, 5.41) is 12.5. The van der Waals surface area contributed by atoms with Gasteiger partial charge in [-0.3, -0.25) is 14.4 Å². The molecule has 1 atom stereocenters. The van der Waals surface area contributed by atoms with E-state index in [1.54, 1.807) is 42.5 Å². The molecule has 7 rings (SSSR count). The van der Waals surface area contributed by atoms with Crippen LogP contribution in [0.3, 0.4) is 0 Å². The number of carbonyl (C=O) groups is 3. The Morgan fingerprint density at radius 2 is 1.18 bits per heavy atom. The molecule has 0 spiro atoms. The second kappa shape index (κ2) is 15.4. The molecule has 3 amide bonds. The van der Waals surface area contributed by atoms with Crippen molar-refractivity contribution in [1.29, 1.82) is 0 Å². The summed E-state index contributed by atoms with van der Waals surface area (Å²) in [7, 11) is 0. The van der Waals surface area contributed by atoms with E-state index in [9.17, 15) is 14.4 Å². The van der Waals surface area contributed by atoms with Crippen molar-refractivity contribution in [3.05, 3.63) is 192 Å². The molecule has 0 saturated heterocycles. The summed E-state index contributed by atoms with van der Waals surface area (Å²) >= 11 is 1.42. The molecule has 0 fully saturated rings. The second-order valence-corrected chi connectivity index (χ2v) is 13.1. The molecule has 0 saturated carbocycles. The fraction of sp³-hybridized carbons (Fsp3) is 0.0227. The van der Waals surface area contributed by atoms with Crippen molar-refractivity contribution in [1.82, 2.24) is 5.32 Å².